The normalized spacial score (nSPS) is 22.8. The second-order valence-electron chi connectivity index (χ2n) is 8.57. The summed E-state index contributed by atoms with van der Waals surface area (Å²) >= 11 is 0. The van der Waals surface area contributed by atoms with Crippen molar-refractivity contribution >= 4 is 29.3 Å². The van der Waals surface area contributed by atoms with E-state index in [0.29, 0.717) is 36.0 Å². The van der Waals surface area contributed by atoms with Crippen LogP contribution in [0.2, 0.25) is 0 Å². The van der Waals surface area contributed by atoms with Crippen molar-refractivity contribution < 1.29 is 18.0 Å². The highest BCUT2D eigenvalue weighted by atomic mass is 19.4. The molecule has 9 nitrogen and oxygen atoms in total. The number of aromatic nitrogens is 4. The summed E-state index contributed by atoms with van der Waals surface area (Å²) in [4.78, 5) is 30.9. The van der Waals surface area contributed by atoms with Gasteiger partial charge in [0.25, 0.3) is 0 Å². The average molecular weight is 450 g/mol. The lowest BCUT2D eigenvalue weighted by atomic mass is 9.87. The highest BCUT2D eigenvalue weighted by Gasteiger charge is 2.36. The van der Waals surface area contributed by atoms with Crippen LogP contribution in [0.4, 0.5) is 36.6 Å². The van der Waals surface area contributed by atoms with E-state index < -0.39 is 11.7 Å². The van der Waals surface area contributed by atoms with Crippen LogP contribution < -0.4 is 20.9 Å². The number of anilines is 4. The number of hydrogen-bond donors (Lipinski definition) is 3. The minimum atomic E-state index is -4.46. The van der Waals surface area contributed by atoms with Crippen LogP contribution in [0.3, 0.4) is 0 Å². The maximum absolute atomic E-state index is 12.6. The zero-order chi connectivity index (χ0) is 23.2. The Hall–Kier alpha value is -3.18. The number of rotatable bonds is 5. The molecule has 0 radical (unpaired) electrons. The van der Waals surface area contributed by atoms with Crippen molar-refractivity contribution in [2.24, 2.45) is 5.92 Å². The van der Waals surface area contributed by atoms with Crippen molar-refractivity contribution in [1.29, 1.82) is 0 Å². The number of amides is 1. The molecule has 32 heavy (non-hydrogen) atoms. The SMILES string of the molecule is Cc1nc(NC2CC(Nc3ncc(C(F)(F)F)cn3)C2)nc2c1NC(=O)C(C(C)C)N2C. The molecule has 4 rings (SSSR count). The van der Waals surface area contributed by atoms with Crippen LogP contribution in [0.1, 0.15) is 37.9 Å². The second-order valence-corrected chi connectivity index (χ2v) is 8.57. The first-order valence-corrected chi connectivity index (χ1v) is 10.4. The van der Waals surface area contributed by atoms with Gasteiger partial charge in [0.05, 0.1) is 11.3 Å². The average Bonchev–Trinajstić information content (AvgIpc) is 2.67. The minimum absolute atomic E-state index is 0.0373. The maximum Gasteiger partial charge on any atom is 0.419 e. The zero-order valence-electron chi connectivity index (χ0n) is 18.2. The topological polar surface area (TPSA) is 108 Å². The number of halogens is 3. The van der Waals surface area contributed by atoms with Crippen LogP contribution in [0.5, 0.6) is 0 Å². The van der Waals surface area contributed by atoms with Crippen LogP contribution in [-0.4, -0.2) is 51.0 Å². The van der Waals surface area contributed by atoms with Crippen molar-refractivity contribution in [1.82, 2.24) is 19.9 Å². The monoisotopic (exact) mass is 450 g/mol. The van der Waals surface area contributed by atoms with Crippen LogP contribution in [0.25, 0.3) is 0 Å². The van der Waals surface area contributed by atoms with Crippen LogP contribution in [0, 0.1) is 12.8 Å². The molecule has 0 bridgehead atoms. The summed E-state index contributed by atoms with van der Waals surface area (Å²) in [5, 5.41) is 9.26. The van der Waals surface area contributed by atoms with E-state index in [2.05, 4.69) is 35.9 Å². The third-order valence-corrected chi connectivity index (χ3v) is 5.75. The number of nitrogens with one attached hydrogen (secondary N) is 3. The Kier molecular flexibility index (Phi) is 5.55. The fourth-order valence-corrected chi connectivity index (χ4v) is 4.05. The Balaban J connectivity index is 1.37. The van der Waals surface area contributed by atoms with Gasteiger partial charge in [-0.1, -0.05) is 13.8 Å². The van der Waals surface area contributed by atoms with Crippen LogP contribution in [-0.2, 0) is 11.0 Å². The van der Waals surface area contributed by atoms with E-state index in [0.717, 1.165) is 12.4 Å². The molecule has 0 aromatic carbocycles. The molecule has 0 saturated heterocycles. The lowest BCUT2D eigenvalue weighted by Gasteiger charge is -2.38. The van der Waals surface area contributed by atoms with Gasteiger partial charge in [0.15, 0.2) is 5.82 Å². The Morgan fingerprint density at radius 1 is 1.09 bits per heavy atom. The van der Waals surface area contributed by atoms with E-state index in [1.165, 1.54) is 0 Å². The zero-order valence-corrected chi connectivity index (χ0v) is 18.2. The fraction of sp³-hybridized carbons (Fsp3) is 0.550. The van der Waals surface area contributed by atoms with Gasteiger partial charge in [0.1, 0.15) is 11.7 Å². The molecule has 1 atom stereocenters. The first kappa shape index (κ1) is 22.0. The number of hydrogen-bond acceptors (Lipinski definition) is 8. The Bertz CT molecular complexity index is 1010. The van der Waals surface area contributed by atoms with E-state index in [1.54, 1.807) is 0 Å². The molecule has 1 amide bonds. The van der Waals surface area contributed by atoms with Gasteiger partial charge in [-0.3, -0.25) is 4.79 Å². The first-order chi connectivity index (χ1) is 15.0. The summed E-state index contributed by atoms with van der Waals surface area (Å²) < 4.78 is 37.8. The van der Waals surface area contributed by atoms with Crippen molar-refractivity contribution in [3.63, 3.8) is 0 Å². The summed E-state index contributed by atoms with van der Waals surface area (Å²) in [7, 11) is 1.85. The van der Waals surface area contributed by atoms with Gasteiger partial charge in [0, 0.05) is 31.5 Å². The number of alkyl halides is 3. The third kappa shape index (κ3) is 4.26. The first-order valence-electron chi connectivity index (χ1n) is 10.4. The number of fused-ring (bicyclic) bond motifs is 1. The highest BCUT2D eigenvalue weighted by molar-refractivity contribution is 6.03. The largest absolute Gasteiger partial charge is 0.419 e. The molecule has 3 N–H and O–H groups in total. The number of likely N-dealkylation sites (N-methyl/N-ethyl adjacent to an activating group) is 1. The summed E-state index contributed by atoms with van der Waals surface area (Å²) in [5.74, 6) is 1.36. The van der Waals surface area contributed by atoms with Gasteiger partial charge in [0.2, 0.25) is 17.8 Å². The molecule has 1 aliphatic heterocycles. The van der Waals surface area contributed by atoms with E-state index in [9.17, 15) is 18.0 Å². The third-order valence-electron chi connectivity index (χ3n) is 5.75. The molecule has 2 aromatic rings. The molecule has 1 unspecified atom stereocenters. The van der Waals surface area contributed by atoms with E-state index in [4.69, 9.17) is 0 Å². The van der Waals surface area contributed by atoms with Crippen molar-refractivity contribution in [3.05, 3.63) is 23.7 Å². The number of carbonyl (C=O) groups excluding carboxylic acids is 1. The molecule has 2 aromatic heterocycles. The highest BCUT2D eigenvalue weighted by Crippen LogP contribution is 2.35. The molecule has 2 aliphatic rings. The van der Waals surface area contributed by atoms with Gasteiger partial charge in [-0.05, 0) is 25.7 Å². The predicted molar refractivity (Wildman–Crippen MR) is 114 cm³/mol. The van der Waals surface area contributed by atoms with Crippen LogP contribution >= 0.6 is 0 Å². The molecule has 12 heteroatoms. The Labute approximate surface area is 183 Å². The molecular formula is C20H25F3N8O. The van der Waals surface area contributed by atoms with Crippen LogP contribution in [0.15, 0.2) is 12.4 Å². The summed E-state index contributed by atoms with van der Waals surface area (Å²) in [6.07, 6.45) is -1.49. The van der Waals surface area contributed by atoms with Gasteiger partial charge >= 0.3 is 6.18 Å². The number of nitrogens with zero attached hydrogens (tertiary/aromatic N) is 5. The number of carbonyl (C=O) groups is 1. The summed E-state index contributed by atoms with van der Waals surface area (Å²) in [6, 6.07) is -0.176. The lowest BCUT2D eigenvalue weighted by Crippen LogP contribution is -2.50. The second kappa shape index (κ2) is 8.06. The molecule has 3 heterocycles. The summed E-state index contributed by atoms with van der Waals surface area (Å²) in [6.45, 7) is 5.80. The van der Waals surface area contributed by atoms with E-state index >= 15 is 0 Å². The molecule has 1 fully saturated rings. The van der Waals surface area contributed by atoms with Gasteiger partial charge in [-0.2, -0.15) is 18.2 Å². The van der Waals surface area contributed by atoms with E-state index in [1.807, 2.05) is 32.7 Å². The Morgan fingerprint density at radius 3 is 2.25 bits per heavy atom. The Morgan fingerprint density at radius 2 is 1.69 bits per heavy atom. The number of aryl methyl sites for hydroxylation is 1. The molecule has 1 aliphatic carbocycles. The van der Waals surface area contributed by atoms with Gasteiger partial charge in [-0.15, -0.1) is 0 Å². The molecule has 1 saturated carbocycles. The van der Waals surface area contributed by atoms with E-state index in [-0.39, 0.29) is 35.9 Å². The quantitative estimate of drug-likeness (QED) is 0.638. The smallest absolute Gasteiger partial charge is 0.351 e. The molecule has 0 spiro atoms. The van der Waals surface area contributed by atoms with Crippen molar-refractivity contribution in [2.75, 3.05) is 27.9 Å². The standard InChI is InChI=1S/C20H25F3N8O/c1-9(2)15-17(32)29-14-10(3)26-19(30-16(14)31(15)4)28-13-5-12(6-13)27-18-24-7-11(8-25-18)20(21,22)23/h7-9,12-13,15H,5-6H2,1-4H3,(H,29,32)(H,24,25,27)(H,26,28,30). The minimum Gasteiger partial charge on any atom is -0.351 e. The molecular weight excluding hydrogens is 425 g/mol. The van der Waals surface area contributed by atoms with Gasteiger partial charge in [-0.25, -0.2) is 15.0 Å². The molecule has 172 valence electrons. The maximum atomic E-state index is 12.6. The summed E-state index contributed by atoms with van der Waals surface area (Å²) in [5.41, 5.74) is 0.414. The van der Waals surface area contributed by atoms with Gasteiger partial charge < -0.3 is 20.9 Å². The van der Waals surface area contributed by atoms with Crippen molar-refractivity contribution in [3.8, 4) is 0 Å². The lowest BCUT2D eigenvalue weighted by molar-refractivity contribution is -0.138. The fourth-order valence-electron chi connectivity index (χ4n) is 4.05. The predicted octanol–water partition coefficient (Wildman–Crippen LogP) is 3.06. The van der Waals surface area contributed by atoms with Crippen molar-refractivity contribution in [2.45, 2.75) is 57.9 Å².